The monoisotopic (exact) mass is 257 g/mol. The van der Waals surface area contributed by atoms with E-state index in [1.807, 2.05) is 26.1 Å². The molecule has 0 fully saturated rings. The van der Waals surface area contributed by atoms with E-state index in [4.69, 9.17) is 4.74 Å². The van der Waals surface area contributed by atoms with Gasteiger partial charge in [0.2, 0.25) is 0 Å². The largest absolute Gasteiger partial charge is 0.496 e. The number of methoxy groups -OCH3 is 1. The van der Waals surface area contributed by atoms with Gasteiger partial charge in [-0.15, -0.1) is 0 Å². The van der Waals surface area contributed by atoms with Crippen molar-refractivity contribution in [2.24, 2.45) is 0 Å². The molecule has 1 N–H and O–H groups in total. The molecule has 0 saturated heterocycles. The molecule has 0 saturated carbocycles. The predicted octanol–water partition coefficient (Wildman–Crippen LogP) is 3.06. The van der Waals surface area contributed by atoms with Crippen LogP contribution in [0.2, 0.25) is 0 Å². The van der Waals surface area contributed by atoms with Crippen LogP contribution >= 0.6 is 0 Å². The number of aryl methyl sites for hydroxylation is 2. The van der Waals surface area contributed by atoms with E-state index < -0.39 is 0 Å². The van der Waals surface area contributed by atoms with E-state index in [-0.39, 0.29) is 0 Å². The number of nitrogens with zero attached hydrogens (tertiary/aromatic N) is 2. The van der Waals surface area contributed by atoms with Crippen LogP contribution in [0, 0.1) is 6.92 Å². The smallest absolute Gasteiger partial charge is 0.130 e. The third-order valence-electron chi connectivity index (χ3n) is 3.04. The molecule has 2 rings (SSSR count). The zero-order valence-corrected chi connectivity index (χ0v) is 11.8. The molecule has 0 aliphatic rings. The fourth-order valence-corrected chi connectivity index (χ4v) is 2.01. The van der Waals surface area contributed by atoms with Crippen LogP contribution in [0.4, 0.5) is 5.82 Å². The molecule has 1 aromatic carbocycles. The van der Waals surface area contributed by atoms with E-state index in [1.165, 1.54) is 5.56 Å². The molecular formula is C15H19N3O. The summed E-state index contributed by atoms with van der Waals surface area (Å²) in [6.45, 7) is 4.02. The summed E-state index contributed by atoms with van der Waals surface area (Å²) in [6, 6.07) is 8.13. The van der Waals surface area contributed by atoms with Gasteiger partial charge in [0.25, 0.3) is 0 Å². The van der Waals surface area contributed by atoms with E-state index in [1.54, 1.807) is 7.11 Å². The van der Waals surface area contributed by atoms with Crippen molar-refractivity contribution in [2.45, 2.75) is 20.3 Å². The van der Waals surface area contributed by atoms with Crippen molar-refractivity contribution in [3.8, 4) is 17.0 Å². The van der Waals surface area contributed by atoms with Crippen molar-refractivity contribution in [1.82, 2.24) is 9.97 Å². The van der Waals surface area contributed by atoms with E-state index in [9.17, 15) is 0 Å². The minimum Gasteiger partial charge on any atom is -0.496 e. The van der Waals surface area contributed by atoms with Gasteiger partial charge in [0.15, 0.2) is 0 Å². The molecular weight excluding hydrogens is 238 g/mol. The first kappa shape index (κ1) is 13.3. The SMILES string of the molecule is CCc1ccc(OC)c(-c2cc(NC)nc(C)n2)c1. The maximum Gasteiger partial charge on any atom is 0.130 e. The summed E-state index contributed by atoms with van der Waals surface area (Å²) < 4.78 is 5.43. The molecule has 0 amide bonds. The first-order valence-corrected chi connectivity index (χ1v) is 6.38. The summed E-state index contributed by atoms with van der Waals surface area (Å²) >= 11 is 0. The van der Waals surface area contributed by atoms with Gasteiger partial charge in [-0.05, 0) is 31.0 Å². The Balaban J connectivity index is 2.59. The second-order valence-electron chi connectivity index (χ2n) is 4.32. The van der Waals surface area contributed by atoms with Crippen molar-refractivity contribution >= 4 is 5.82 Å². The number of ether oxygens (including phenoxy) is 1. The van der Waals surface area contributed by atoms with Crippen LogP contribution in [0.25, 0.3) is 11.3 Å². The van der Waals surface area contributed by atoms with Crippen LogP contribution in [-0.2, 0) is 6.42 Å². The zero-order valence-electron chi connectivity index (χ0n) is 11.8. The lowest BCUT2D eigenvalue weighted by molar-refractivity contribution is 0.416. The fraction of sp³-hybridized carbons (Fsp3) is 0.333. The molecule has 0 radical (unpaired) electrons. The van der Waals surface area contributed by atoms with Crippen molar-refractivity contribution in [1.29, 1.82) is 0 Å². The summed E-state index contributed by atoms with van der Waals surface area (Å²) in [7, 11) is 3.53. The van der Waals surface area contributed by atoms with E-state index in [2.05, 4.69) is 34.3 Å². The molecule has 19 heavy (non-hydrogen) atoms. The van der Waals surface area contributed by atoms with E-state index in [0.717, 1.165) is 35.1 Å². The minimum atomic E-state index is 0.741. The van der Waals surface area contributed by atoms with Crippen LogP contribution in [-0.4, -0.2) is 24.1 Å². The second-order valence-corrected chi connectivity index (χ2v) is 4.32. The van der Waals surface area contributed by atoms with Crippen LogP contribution < -0.4 is 10.1 Å². The van der Waals surface area contributed by atoms with Crippen LogP contribution in [0.1, 0.15) is 18.3 Å². The summed E-state index contributed by atoms with van der Waals surface area (Å²) in [5.74, 6) is 2.38. The Morgan fingerprint density at radius 2 is 2.00 bits per heavy atom. The highest BCUT2D eigenvalue weighted by atomic mass is 16.5. The Kier molecular flexibility index (Phi) is 4.00. The molecule has 100 valence electrons. The van der Waals surface area contributed by atoms with Gasteiger partial charge in [-0.3, -0.25) is 0 Å². The maximum absolute atomic E-state index is 5.43. The fourth-order valence-electron chi connectivity index (χ4n) is 2.01. The van der Waals surface area contributed by atoms with Crippen LogP contribution in [0.15, 0.2) is 24.3 Å². The quantitative estimate of drug-likeness (QED) is 0.914. The van der Waals surface area contributed by atoms with Crippen molar-refractivity contribution in [3.05, 3.63) is 35.7 Å². The Morgan fingerprint density at radius 3 is 2.63 bits per heavy atom. The molecule has 4 nitrogen and oxygen atoms in total. The molecule has 0 aliphatic carbocycles. The minimum absolute atomic E-state index is 0.741. The molecule has 0 unspecified atom stereocenters. The first-order valence-electron chi connectivity index (χ1n) is 6.38. The van der Waals surface area contributed by atoms with Gasteiger partial charge >= 0.3 is 0 Å². The van der Waals surface area contributed by atoms with E-state index >= 15 is 0 Å². The summed E-state index contributed by atoms with van der Waals surface area (Å²) in [6.07, 6.45) is 0.986. The highest BCUT2D eigenvalue weighted by molar-refractivity contribution is 5.70. The predicted molar refractivity (Wildman–Crippen MR) is 77.7 cm³/mol. The molecule has 0 aliphatic heterocycles. The Hall–Kier alpha value is -2.10. The molecule has 0 bridgehead atoms. The van der Waals surface area contributed by atoms with E-state index in [0.29, 0.717) is 0 Å². The average Bonchev–Trinajstić information content (AvgIpc) is 2.45. The average molecular weight is 257 g/mol. The third-order valence-corrected chi connectivity index (χ3v) is 3.04. The maximum atomic E-state index is 5.43. The summed E-state index contributed by atoms with van der Waals surface area (Å²) in [4.78, 5) is 8.82. The summed E-state index contributed by atoms with van der Waals surface area (Å²) in [5, 5.41) is 3.05. The molecule has 4 heteroatoms. The van der Waals surface area contributed by atoms with Crippen molar-refractivity contribution in [2.75, 3.05) is 19.5 Å². The third kappa shape index (κ3) is 2.84. The molecule has 0 atom stereocenters. The Bertz CT molecular complexity index is 582. The van der Waals surface area contributed by atoms with Crippen molar-refractivity contribution in [3.63, 3.8) is 0 Å². The van der Waals surface area contributed by atoms with Gasteiger partial charge < -0.3 is 10.1 Å². The van der Waals surface area contributed by atoms with Crippen molar-refractivity contribution < 1.29 is 4.74 Å². The van der Waals surface area contributed by atoms with Gasteiger partial charge in [-0.2, -0.15) is 0 Å². The molecule has 1 heterocycles. The lowest BCUT2D eigenvalue weighted by atomic mass is 10.0. The second kappa shape index (κ2) is 5.69. The molecule has 1 aromatic heterocycles. The number of nitrogens with one attached hydrogen (secondary N) is 1. The Labute approximate surface area is 113 Å². The Morgan fingerprint density at radius 1 is 1.21 bits per heavy atom. The normalized spacial score (nSPS) is 10.3. The lowest BCUT2D eigenvalue weighted by Gasteiger charge is -2.11. The summed E-state index contributed by atoms with van der Waals surface area (Å²) in [5.41, 5.74) is 3.14. The highest BCUT2D eigenvalue weighted by Gasteiger charge is 2.10. The lowest BCUT2D eigenvalue weighted by Crippen LogP contribution is -1.99. The number of hydrogen-bond acceptors (Lipinski definition) is 4. The van der Waals surface area contributed by atoms with Gasteiger partial charge in [-0.1, -0.05) is 13.0 Å². The number of anilines is 1. The number of aromatic nitrogens is 2. The molecule has 2 aromatic rings. The zero-order chi connectivity index (χ0) is 13.8. The van der Waals surface area contributed by atoms with Crippen LogP contribution in [0.3, 0.4) is 0 Å². The molecule has 0 spiro atoms. The number of rotatable bonds is 4. The van der Waals surface area contributed by atoms with Gasteiger partial charge in [0.05, 0.1) is 12.8 Å². The van der Waals surface area contributed by atoms with Gasteiger partial charge in [0.1, 0.15) is 17.4 Å². The number of benzene rings is 1. The number of hydrogen-bond donors (Lipinski definition) is 1. The standard InChI is InChI=1S/C15H19N3O/c1-5-11-6-7-14(19-4)12(8-11)13-9-15(16-3)18-10(2)17-13/h6-9H,5H2,1-4H3,(H,16,17,18). The highest BCUT2D eigenvalue weighted by Crippen LogP contribution is 2.30. The van der Waals surface area contributed by atoms with Gasteiger partial charge in [0, 0.05) is 18.7 Å². The van der Waals surface area contributed by atoms with Crippen LogP contribution in [0.5, 0.6) is 5.75 Å². The topological polar surface area (TPSA) is 47.0 Å². The van der Waals surface area contributed by atoms with Gasteiger partial charge in [-0.25, -0.2) is 9.97 Å². The first-order chi connectivity index (χ1) is 9.17.